The third-order valence-electron chi connectivity index (χ3n) is 10.1. The van der Waals surface area contributed by atoms with E-state index in [-0.39, 0.29) is 0 Å². The Kier molecular flexibility index (Phi) is 4.33. The van der Waals surface area contributed by atoms with E-state index in [1.165, 1.54) is 53.5 Å². The number of fused-ring (bicyclic) bond motifs is 5. The van der Waals surface area contributed by atoms with Gasteiger partial charge in [0.2, 0.25) is 0 Å². The zero-order valence-corrected chi connectivity index (χ0v) is 25.6. The van der Waals surface area contributed by atoms with Crippen molar-refractivity contribution in [3.8, 4) is 28.2 Å². The second-order valence-corrected chi connectivity index (χ2v) is 13.5. The fraction of sp³-hybridized carbons (Fsp3) is 0. The maximum absolute atomic E-state index is 6.53. The van der Waals surface area contributed by atoms with E-state index in [9.17, 15) is 0 Å². The Morgan fingerprint density at radius 2 is 1.17 bits per heavy atom. The van der Waals surface area contributed by atoms with Gasteiger partial charge in [-0.3, -0.25) is 4.57 Å². The van der Waals surface area contributed by atoms with Gasteiger partial charge in [0.15, 0.2) is 5.82 Å². The molecule has 0 spiro atoms. The molecule has 0 radical (unpaired) electrons. The molecular weight excluding hydrogens is 595 g/mol. The topological polar surface area (TPSA) is 43.9 Å². The van der Waals surface area contributed by atoms with E-state index in [0.29, 0.717) is 0 Å². The normalized spacial score (nSPS) is 12.7. The fourth-order valence-electron chi connectivity index (χ4n) is 8.23. The average molecular weight is 616 g/mol. The zero-order chi connectivity index (χ0) is 30.4. The maximum Gasteiger partial charge on any atom is 0.165 e. The highest BCUT2D eigenvalue weighted by Crippen LogP contribution is 2.51. The molecule has 216 valence electrons. The van der Waals surface area contributed by atoms with E-state index < -0.39 is 0 Å². The van der Waals surface area contributed by atoms with E-state index in [1.807, 2.05) is 0 Å². The molecular formula is C42H21N3OS. The summed E-state index contributed by atoms with van der Waals surface area (Å²) in [7, 11) is 0. The molecule has 0 bridgehead atoms. The molecule has 7 aromatic carbocycles. The molecule has 0 atom stereocenters. The lowest BCUT2D eigenvalue weighted by molar-refractivity contribution is 0.669. The first-order valence-electron chi connectivity index (χ1n) is 15.8. The third-order valence-corrected chi connectivity index (χ3v) is 11.2. The van der Waals surface area contributed by atoms with Crippen LogP contribution in [0.2, 0.25) is 0 Å². The van der Waals surface area contributed by atoms with Gasteiger partial charge in [-0.25, -0.2) is 9.97 Å². The lowest BCUT2D eigenvalue weighted by atomic mass is 9.95. The summed E-state index contributed by atoms with van der Waals surface area (Å²) in [6.45, 7) is 0. The average Bonchev–Trinajstić information content (AvgIpc) is 3.76. The van der Waals surface area contributed by atoms with Crippen molar-refractivity contribution >= 4 is 97.1 Å². The van der Waals surface area contributed by atoms with E-state index in [1.54, 1.807) is 11.3 Å². The SMILES string of the molecule is c1ccc2c(-c3nc4sc5ccccc5c4nc3-n3c4ccc5cccc6c5c4c4c5c(ccc43)oc3cccc-6c35)cccc2c1. The van der Waals surface area contributed by atoms with Gasteiger partial charge in [-0.2, -0.15) is 0 Å². The van der Waals surface area contributed by atoms with Crippen LogP contribution in [0.3, 0.4) is 0 Å². The highest BCUT2D eigenvalue weighted by molar-refractivity contribution is 7.25. The predicted molar refractivity (Wildman–Crippen MR) is 196 cm³/mol. The van der Waals surface area contributed by atoms with Crippen molar-refractivity contribution in [2.75, 3.05) is 0 Å². The summed E-state index contributed by atoms with van der Waals surface area (Å²) >= 11 is 1.71. The van der Waals surface area contributed by atoms with Crippen LogP contribution in [0, 0.1) is 0 Å². The molecule has 11 aromatic rings. The van der Waals surface area contributed by atoms with Crippen LogP contribution in [0.5, 0.6) is 0 Å². The second-order valence-electron chi connectivity index (χ2n) is 12.5. The molecule has 0 amide bonds. The molecule has 0 saturated heterocycles. The number of benzene rings is 7. The van der Waals surface area contributed by atoms with Gasteiger partial charge in [0, 0.05) is 37.2 Å². The molecule has 0 unspecified atom stereocenters. The van der Waals surface area contributed by atoms with Crippen molar-refractivity contribution in [3.05, 3.63) is 127 Å². The minimum absolute atomic E-state index is 0.835. The second kappa shape index (κ2) is 8.40. The van der Waals surface area contributed by atoms with Crippen molar-refractivity contribution in [3.63, 3.8) is 0 Å². The number of nitrogens with zero attached hydrogens (tertiary/aromatic N) is 3. The first kappa shape index (κ1) is 24.2. The third kappa shape index (κ3) is 2.94. The zero-order valence-electron chi connectivity index (χ0n) is 24.8. The smallest absolute Gasteiger partial charge is 0.165 e. The van der Waals surface area contributed by atoms with Crippen molar-refractivity contribution in [1.82, 2.24) is 14.5 Å². The van der Waals surface area contributed by atoms with Gasteiger partial charge in [0.05, 0.1) is 11.0 Å². The van der Waals surface area contributed by atoms with Gasteiger partial charge in [-0.1, -0.05) is 97.1 Å². The van der Waals surface area contributed by atoms with Crippen molar-refractivity contribution in [1.29, 1.82) is 0 Å². The van der Waals surface area contributed by atoms with Crippen molar-refractivity contribution < 1.29 is 4.42 Å². The number of aromatic nitrogens is 3. The minimum Gasteiger partial charge on any atom is -0.456 e. The summed E-state index contributed by atoms with van der Waals surface area (Å²) in [6.07, 6.45) is 0. The maximum atomic E-state index is 6.53. The Morgan fingerprint density at radius 3 is 2.09 bits per heavy atom. The molecule has 0 aliphatic heterocycles. The van der Waals surface area contributed by atoms with Gasteiger partial charge < -0.3 is 4.42 Å². The highest BCUT2D eigenvalue weighted by atomic mass is 32.1. The first-order chi connectivity index (χ1) is 23.3. The summed E-state index contributed by atoms with van der Waals surface area (Å²) < 4.78 is 10.1. The number of rotatable bonds is 2. The lowest BCUT2D eigenvalue weighted by Crippen LogP contribution is -2.03. The number of furan rings is 1. The standard InChI is InChI=1S/C42H21N3OS/c1-2-11-24-22(8-1)9-5-15-27(24)39-41(43-40-28-12-3-4-17-33(28)47-42(40)44-39)45-29-19-18-23-10-6-13-25-26-14-7-16-31-35(26)38-32(46-31)21-20-30(45)37(38)36(29)34(23)25/h1-21H. The summed E-state index contributed by atoms with van der Waals surface area (Å²) in [6, 6.07) is 45.5. The van der Waals surface area contributed by atoms with Gasteiger partial charge >= 0.3 is 0 Å². The Morgan fingerprint density at radius 1 is 0.489 bits per heavy atom. The van der Waals surface area contributed by atoms with Crippen LogP contribution in [-0.2, 0) is 0 Å². The fourth-order valence-corrected chi connectivity index (χ4v) is 9.25. The Bertz CT molecular complexity index is 3190. The monoisotopic (exact) mass is 615 g/mol. The van der Waals surface area contributed by atoms with Crippen LogP contribution >= 0.6 is 11.3 Å². The number of thiophene rings is 1. The van der Waals surface area contributed by atoms with Crippen LogP contribution < -0.4 is 0 Å². The molecule has 12 rings (SSSR count). The van der Waals surface area contributed by atoms with Gasteiger partial charge in [-0.05, 0) is 63.0 Å². The summed E-state index contributed by atoms with van der Waals surface area (Å²) in [5.74, 6) is 0.835. The van der Waals surface area contributed by atoms with E-state index in [2.05, 4.69) is 132 Å². The Hall–Kier alpha value is -6.04. The number of hydrogen-bond donors (Lipinski definition) is 0. The lowest BCUT2D eigenvalue weighted by Gasteiger charge is -2.15. The molecule has 1 aliphatic rings. The molecule has 5 heteroatoms. The summed E-state index contributed by atoms with van der Waals surface area (Å²) in [5, 5.41) is 10.8. The molecule has 0 fully saturated rings. The largest absolute Gasteiger partial charge is 0.456 e. The Labute approximate surface area is 270 Å². The van der Waals surface area contributed by atoms with Gasteiger partial charge in [0.25, 0.3) is 0 Å². The van der Waals surface area contributed by atoms with Crippen LogP contribution in [0.25, 0.3) is 114 Å². The van der Waals surface area contributed by atoms with Crippen LogP contribution in [0.1, 0.15) is 0 Å². The van der Waals surface area contributed by atoms with Gasteiger partial charge in [0.1, 0.15) is 27.2 Å². The van der Waals surface area contributed by atoms with Crippen LogP contribution in [-0.4, -0.2) is 14.5 Å². The minimum atomic E-state index is 0.835. The molecule has 47 heavy (non-hydrogen) atoms. The van der Waals surface area contributed by atoms with Crippen LogP contribution in [0.4, 0.5) is 0 Å². The number of hydrogen-bond acceptors (Lipinski definition) is 4. The van der Waals surface area contributed by atoms with E-state index in [0.717, 1.165) is 60.4 Å². The highest BCUT2D eigenvalue weighted by Gasteiger charge is 2.28. The van der Waals surface area contributed by atoms with E-state index >= 15 is 0 Å². The first-order valence-corrected chi connectivity index (χ1v) is 16.7. The molecule has 4 heterocycles. The summed E-state index contributed by atoms with van der Waals surface area (Å²) in [4.78, 5) is 12.0. The quantitative estimate of drug-likeness (QED) is 0.194. The molecule has 4 aromatic heterocycles. The summed E-state index contributed by atoms with van der Waals surface area (Å²) in [5.41, 5.74) is 9.38. The van der Waals surface area contributed by atoms with Crippen molar-refractivity contribution in [2.24, 2.45) is 0 Å². The van der Waals surface area contributed by atoms with Crippen LogP contribution in [0.15, 0.2) is 132 Å². The van der Waals surface area contributed by atoms with Gasteiger partial charge in [-0.15, -0.1) is 11.3 Å². The molecule has 4 nitrogen and oxygen atoms in total. The molecule has 1 aliphatic carbocycles. The van der Waals surface area contributed by atoms with E-state index in [4.69, 9.17) is 14.4 Å². The van der Waals surface area contributed by atoms with Crippen molar-refractivity contribution in [2.45, 2.75) is 0 Å². The molecule has 0 N–H and O–H groups in total. The Balaban J connectivity index is 1.34. The predicted octanol–water partition coefficient (Wildman–Crippen LogP) is 11.8. The molecule has 0 saturated carbocycles.